The van der Waals surface area contributed by atoms with E-state index in [0.717, 1.165) is 4.34 Å². The quantitative estimate of drug-likeness (QED) is 0.735. The van der Waals surface area contributed by atoms with Crippen LogP contribution in [0.15, 0.2) is 22.5 Å². The molecular formula is C12H13Cl2N3O2S3. The number of thioether (sulfide) groups is 1. The van der Waals surface area contributed by atoms with Gasteiger partial charge in [-0.1, -0.05) is 66.2 Å². The largest absolute Gasteiger partial charge is 0.257 e. The summed E-state index contributed by atoms with van der Waals surface area (Å²) in [6, 6.07) is 4.70. The SMILES string of the molecule is CC(C)Sc1nnc(NS(=O)(=O)Cc2ccc(Cl)cc2Cl)s1. The average molecular weight is 398 g/mol. The van der Waals surface area contributed by atoms with Crippen LogP contribution < -0.4 is 4.72 Å². The first kappa shape index (κ1) is 17.8. The Labute approximate surface area is 147 Å². The fourth-order valence-electron chi connectivity index (χ4n) is 1.51. The number of anilines is 1. The zero-order valence-corrected chi connectivity index (χ0v) is 15.7. The van der Waals surface area contributed by atoms with Gasteiger partial charge in [-0.2, -0.15) is 0 Å². The minimum Gasteiger partial charge on any atom is -0.257 e. The highest BCUT2D eigenvalue weighted by molar-refractivity contribution is 8.01. The molecule has 0 saturated heterocycles. The predicted octanol–water partition coefficient (Wildman–Crippen LogP) is 4.29. The van der Waals surface area contributed by atoms with Gasteiger partial charge in [-0.3, -0.25) is 4.72 Å². The van der Waals surface area contributed by atoms with Crippen molar-refractivity contribution < 1.29 is 8.42 Å². The molecule has 0 saturated carbocycles. The van der Waals surface area contributed by atoms with E-state index < -0.39 is 10.0 Å². The number of benzene rings is 1. The molecule has 22 heavy (non-hydrogen) atoms. The Hall–Kier alpha value is -0.540. The lowest BCUT2D eigenvalue weighted by atomic mass is 10.2. The maximum absolute atomic E-state index is 12.2. The molecule has 2 rings (SSSR count). The third-order valence-corrected chi connectivity index (χ3v) is 6.18. The predicted molar refractivity (Wildman–Crippen MR) is 93.6 cm³/mol. The zero-order chi connectivity index (χ0) is 16.3. The first-order valence-corrected chi connectivity index (χ1v) is 10.3. The Morgan fingerprint density at radius 3 is 2.68 bits per heavy atom. The first-order valence-electron chi connectivity index (χ1n) is 6.20. The molecule has 0 radical (unpaired) electrons. The summed E-state index contributed by atoms with van der Waals surface area (Å²) in [5.41, 5.74) is 0.472. The molecule has 0 aliphatic heterocycles. The van der Waals surface area contributed by atoms with Gasteiger partial charge < -0.3 is 0 Å². The highest BCUT2D eigenvalue weighted by Gasteiger charge is 2.17. The Balaban J connectivity index is 2.09. The summed E-state index contributed by atoms with van der Waals surface area (Å²) in [6.45, 7) is 4.05. The summed E-state index contributed by atoms with van der Waals surface area (Å²) >= 11 is 14.5. The molecule has 5 nitrogen and oxygen atoms in total. The summed E-state index contributed by atoms with van der Waals surface area (Å²) in [5.74, 6) is -0.255. The van der Waals surface area contributed by atoms with Crippen LogP contribution in [0.5, 0.6) is 0 Å². The van der Waals surface area contributed by atoms with Crippen molar-refractivity contribution in [3.8, 4) is 0 Å². The van der Waals surface area contributed by atoms with E-state index in [-0.39, 0.29) is 10.9 Å². The van der Waals surface area contributed by atoms with E-state index in [1.807, 2.05) is 13.8 Å². The molecule has 1 heterocycles. The number of aromatic nitrogens is 2. The number of nitrogens with zero attached hydrogens (tertiary/aromatic N) is 2. The van der Waals surface area contributed by atoms with E-state index >= 15 is 0 Å². The van der Waals surface area contributed by atoms with Crippen molar-refractivity contribution in [3.63, 3.8) is 0 Å². The van der Waals surface area contributed by atoms with E-state index in [4.69, 9.17) is 23.2 Å². The van der Waals surface area contributed by atoms with Gasteiger partial charge in [0, 0.05) is 15.3 Å². The number of hydrogen-bond acceptors (Lipinski definition) is 6. The Morgan fingerprint density at radius 1 is 1.32 bits per heavy atom. The van der Waals surface area contributed by atoms with Gasteiger partial charge in [-0.15, -0.1) is 10.2 Å². The molecule has 120 valence electrons. The van der Waals surface area contributed by atoms with Crippen LogP contribution in [0.1, 0.15) is 19.4 Å². The number of halogens is 2. The third-order valence-electron chi connectivity index (χ3n) is 2.35. The Morgan fingerprint density at radius 2 is 2.05 bits per heavy atom. The highest BCUT2D eigenvalue weighted by Crippen LogP contribution is 2.29. The van der Waals surface area contributed by atoms with Crippen molar-refractivity contribution in [3.05, 3.63) is 33.8 Å². The van der Waals surface area contributed by atoms with E-state index in [9.17, 15) is 8.42 Å². The van der Waals surface area contributed by atoms with Crippen LogP contribution in [0.25, 0.3) is 0 Å². The number of sulfonamides is 1. The van der Waals surface area contributed by atoms with Gasteiger partial charge in [-0.05, 0) is 17.7 Å². The lowest BCUT2D eigenvalue weighted by molar-refractivity contribution is 0.600. The molecule has 0 unspecified atom stereocenters. The molecule has 1 aromatic carbocycles. The van der Waals surface area contributed by atoms with E-state index in [0.29, 0.717) is 20.9 Å². The lowest BCUT2D eigenvalue weighted by Gasteiger charge is -2.06. The van der Waals surface area contributed by atoms with Crippen LogP contribution in [0.2, 0.25) is 10.0 Å². The number of nitrogens with one attached hydrogen (secondary N) is 1. The molecule has 0 fully saturated rings. The summed E-state index contributed by atoms with van der Waals surface area (Å²) in [6.07, 6.45) is 0. The standard InChI is InChI=1S/C12H13Cl2N3O2S3/c1-7(2)20-12-16-15-11(21-12)17-22(18,19)6-8-3-4-9(13)5-10(8)14/h3-5,7H,6H2,1-2H3,(H,15,17). The second-order valence-electron chi connectivity index (χ2n) is 4.64. The highest BCUT2D eigenvalue weighted by atomic mass is 35.5. The van der Waals surface area contributed by atoms with Crippen molar-refractivity contribution in [1.29, 1.82) is 0 Å². The minimum absolute atomic E-state index is 0.244. The van der Waals surface area contributed by atoms with Crippen LogP contribution in [0, 0.1) is 0 Å². The topological polar surface area (TPSA) is 72.0 Å². The molecule has 0 aliphatic carbocycles. The van der Waals surface area contributed by atoms with Gasteiger partial charge in [0.15, 0.2) is 4.34 Å². The van der Waals surface area contributed by atoms with Gasteiger partial charge in [-0.25, -0.2) is 8.42 Å². The summed E-state index contributed by atoms with van der Waals surface area (Å²) in [7, 11) is -3.62. The average Bonchev–Trinajstić information content (AvgIpc) is 2.78. The van der Waals surface area contributed by atoms with Gasteiger partial charge in [0.1, 0.15) is 0 Å². The smallest absolute Gasteiger partial charge is 0.238 e. The fraction of sp³-hybridized carbons (Fsp3) is 0.333. The monoisotopic (exact) mass is 397 g/mol. The summed E-state index contributed by atoms with van der Waals surface area (Å²) < 4.78 is 27.5. The van der Waals surface area contributed by atoms with Crippen LogP contribution in [-0.4, -0.2) is 23.9 Å². The van der Waals surface area contributed by atoms with E-state index in [1.54, 1.807) is 12.1 Å². The first-order chi connectivity index (χ1) is 10.2. The van der Waals surface area contributed by atoms with Gasteiger partial charge >= 0.3 is 0 Å². The molecule has 0 amide bonds. The second-order valence-corrected chi connectivity index (χ2v) is 10.0. The molecule has 0 aliphatic rings. The van der Waals surface area contributed by atoms with Crippen molar-refractivity contribution >= 4 is 61.5 Å². The molecule has 0 bridgehead atoms. The Bertz CT molecular complexity index is 763. The van der Waals surface area contributed by atoms with Crippen molar-refractivity contribution in [2.75, 3.05) is 4.72 Å². The van der Waals surface area contributed by atoms with Gasteiger partial charge in [0.2, 0.25) is 15.2 Å². The van der Waals surface area contributed by atoms with Crippen molar-refractivity contribution in [1.82, 2.24) is 10.2 Å². The summed E-state index contributed by atoms with van der Waals surface area (Å²) in [4.78, 5) is 0. The number of hydrogen-bond donors (Lipinski definition) is 1. The number of rotatable bonds is 6. The van der Waals surface area contributed by atoms with Crippen molar-refractivity contribution in [2.45, 2.75) is 29.2 Å². The molecule has 1 N–H and O–H groups in total. The molecule has 2 aromatic rings. The van der Waals surface area contributed by atoms with Gasteiger partial charge in [0.25, 0.3) is 0 Å². The van der Waals surface area contributed by atoms with E-state index in [1.165, 1.54) is 29.2 Å². The summed E-state index contributed by atoms with van der Waals surface area (Å²) in [5, 5.41) is 9.14. The maximum Gasteiger partial charge on any atom is 0.238 e. The molecule has 0 spiro atoms. The van der Waals surface area contributed by atoms with Crippen LogP contribution in [-0.2, 0) is 15.8 Å². The maximum atomic E-state index is 12.2. The lowest BCUT2D eigenvalue weighted by Crippen LogP contribution is -2.15. The molecule has 10 heteroatoms. The van der Waals surface area contributed by atoms with E-state index in [2.05, 4.69) is 14.9 Å². The van der Waals surface area contributed by atoms with Crippen LogP contribution >= 0.6 is 46.3 Å². The molecular weight excluding hydrogens is 385 g/mol. The normalized spacial score (nSPS) is 11.9. The Kier molecular flexibility index (Phi) is 5.95. The van der Waals surface area contributed by atoms with Crippen LogP contribution in [0.3, 0.4) is 0 Å². The van der Waals surface area contributed by atoms with Crippen LogP contribution in [0.4, 0.5) is 5.13 Å². The molecule has 0 atom stereocenters. The molecule has 1 aromatic heterocycles. The minimum atomic E-state index is -3.62. The third kappa shape index (κ3) is 5.27. The zero-order valence-electron chi connectivity index (χ0n) is 11.7. The fourth-order valence-corrected chi connectivity index (χ4v) is 5.48. The second kappa shape index (κ2) is 7.35. The van der Waals surface area contributed by atoms with Crippen molar-refractivity contribution in [2.24, 2.45) is 0 Å². The van der Waals surface area contributed by atoms with Gasteiger partial charge in [0.05, 0.1) is 5.75 Å².